The van der Waals surface area contributed by atoms with Crippen molar-refractivity contribution in [1.82, 2.24) is 4.57 Å². The smallest absolute Gasteiger partial charge is 0.338 e. The van der Waals surface area contributed by atoms with Crippen LogP contribution in [0.1, 0.15) is 37.5 Å². The van der Waals surface area contributed by atoms with E-state index in [0.29, 0.717) is 26.4 Å². The summed E-state index contributed by atoms with van der Waals surface area (Å²) in [4.78, 5) is 32.0. The van der Waals surface area contributed by atoms with Crippen molar-refractivity contribution in [1.29, 1.82) is 0 Å². The van der Waals surface area contributed by atoms with E-state index in [1.807, 2.05) is 17.5 Å². The molecule has 1 atom stereocenters. The molecule has 0 fully saturated rings. The van der Waals surface area contributed by atoms with E-state index in [0.717, 1.165) is 4.88 Å². The molecule has 0 aliphatic carbocycles. The van der Waals surface area contributed by atoms with Gasteiger partial charge in [0, 0.05) is 11.0 Å². The Kier molecular flexibility index (Phi) is 4.91. The molecule has 4 rings (SSSR count). The quantitative estimate of drug-likeness (QED) is 0.616. The lowest BCUT2D eigenvalue weighted by molar-refractivity contribution is -0.143. The van der Waals surface area contributed by atoms with Crippen LogP contribution in [0.4, 0.5) is 0 Å². The van der Waals surface area contributed by atoms with Gasteiger partial charge in [-0.15, -0.1) is 11.3 Å². The Labute approximate surface area is 168 Å². The van der Waals surface area contributed by atoms with Crippen LogP contribution in [0.3, 0.4) is 0 Å². The van der Waals surface area contributed by atoms with Crippen molar-refractivity contribution in [2.45, 2.75) is 32.9 Å². The van der Waals surface area contributed by atoms with E-state index in [-0.39, 0.29) is 11.7 Å². The van der Waals surface area contributed by atoms with Crippen LogP contribution < -0.4 is 14.9 Å². The molecule has 0 spiro atoms. The Morgan fingerprint density at radius 1 is 1.36 bits per heavy atom. The van der Waals surface area contributed by atoms with E-state index in [1.54, 1.807) is 49.8 Å². The normalized spacial score (nSPS) is 17.0. The zero-order chi connectivity index (χ0) is 19.8. The fourth-order valence-corrected chi connectivity index (χ4v) is 4.93. The van der Waals surface area contributed by atoms with Gasteiger partial charge in [-0.05, 0) is 44.4 Å². The minimum absolute atomic E-state index is 0.208. The average Bonchev–Trinajstić information content (AvgIpc) is 3.37. The number of ether oxygens (including phenoxy) is 1. The molecule has 1 aliphatic rings. The maximum absolute atomic E-state index is 13.2. The molecule has 28 heavy (non-hydrogen) atoms. The highest BCUT2D eigenvalue weighted by Gasteiger charge is 2.34. The van der Waals surface area contributed by atoms with Crippen molar-refractivity contribution in [2.75, 3.05) is 0 Å². The van der Waals surface area contributed by atoms with Crippen LogP contribution in [0, 0.1) is 0 Å². The van der Waals surface area contributed by atoms with Gasteiger partial charge in [0.05, 0.1) is 28.2 Å². The molecule has 0 bridgehead atoms. The molecule has 3 aromatic rings. The van der Waals surface area contributed by atoms with E-state index in [2.05, 4.69) is 4.99 Å². The molecule has 0 N–H and O–H groups in total. The van der Waals surface area contributed by atoms with Gasteiger partial charge in [0.15, 0.2) is 4.80 Å². The second-order valence-corrected chi connectivity index (χ2v) is 8.56. The molecule has 6 nitrogen and oxygen atoms in total. The van der Waals surface area contributed by atoms with Gasteiger partial charge in [0.1, 0.15) is 11.8 Å². The summed E-state index contributed by atoms with van der Waals surface area (Å²) in [5, 5.41) is 1.93. The van der Waals surface area contributed by atoms with Crippen molar-refractivity contribution in [3.05, 3.63) is 77.5 Å². The maximum Gasteiger partial charge on any atom is 0.338 e. The van der Waals surface area contributed by atoms with Crippen LogP contribution in [-0.2, 0) is 9.53 Å². The number of carbonyl (C=O) groups is 1. The third-order valence-corrected chi connectivity index (χ3v) is 6.12. The van der Waals surface area contributed by atoms with Crippen LogP contribution in [0.5, 0.6) is 0 Å². The fraction of sp³-hybridized carbons (Fsp3) is 0.250. The second-order valence-electron chi connectivity index (χ2n) is 6.57. The van der Waals surface area contributed by atoms with Crippen LogP contribution in [0.2, 0.25) is 0 Å². The van der Waals surface area contributed by atoms with Gasteiger partial charge < -0.3 is 9.15 Å². The van der Waals surface area contributed by atoms with E-state index >= 15 is 0 Å². The number of furan rings is 1. The zero-order valence-electron chi connectivity index (χ0n) is 15.5. The topological polar surface area (TPSA) is 73.8 Å². The number of hydrogen-bond acceptors (Lipinski definition) is 7. The van der Waals surface area contributed by atoms with Crippen molar-refractivity contribution in [3.63, 3.8) is 0 Å². The van der Waals surface area contributed by atoms with E-state index in [4.69, 9.17) is 9.15 Å². The molecule has 3 aromatic heterocycles. The van der Waals surface area contributed by atoms with Gasteiger partial charge in [-0.1, -0.05) is 17.4 Å². The SMILES string of the molecule is CC1=C(C(=O)OC(C)C)[C@@H](c2cccs2)n2c(s/c(=C\c3ccco3)c2=O)=N1. The summed E-state index contributed by atoms with van der Waals surface area (Å²) < 4.78 is 12.9. The molecule has 0 amide bonds. The third kappa shape index (κ3) is 3.29. The monoisotopic (exact) mass is 414 g/mol. The minimum atomic E-state index is -0.554. The molecular weight excluding hydrogens is 396 g/mol. The molecule has 0 unspecified atom stereocenters. The molecule has 0 aromatic carbocycles. The largest absolute Gasteiger partial charge is 0.465 e. The highest BCUT2D eigenvalue weighted by molar-refractivity contribution is 7.10. The Bertz CT molecular complexity index is 1210. The summed E-state index contributed by atoms with van der Waals surface area (Å²) in [5.74, 6) is 0.142. The summed E-state index contributed by atoms with van der Waals surface area (Å²) in [5.41, 5.74) is 0.754. The summed E-state index contributed by atoms with van der Waals surface area (Å²) in [6.07, 6.45) is 2.99. The lowest BCUT2D eigenvalue weighted by atomic mass is 10.0. The Morgan fingerprint density at radius 3 is 2.82 bits per heavy atom. The summed E-state index contributed by atoms with van der Waals surface area (Å²) in [6.45, 7) is 5.38. The second kappa shape index (κ2) is 7.37. The van der Waals surface area contributed by atoms with Gasteiger partial charge in [0.25, 0.3) is 5.56 Å². The highest BCUT2D eigenvalue weighted by atomic mass is 32.1. The predicted octanol–water partition coefficient (Wildman–Crippen LogP) is 2.84. The van der Waals surface area contributed by atoms with Crippen molar-refractivity contribution >= 4 is 34.7 Å². The number of thiophene rings is 1. The van der Waals surface area contributed by atoms with Gasteiger partial charge in [0.2, 0.25) is 0 Å². The van der Waals surface area contributed by atoms with Crippen LogP contribution in [-0.4, -0.2) is 16.6 Å². The molecule has 8 heteroatoms. The van der Waals surface area contributed by atoms with Gasteiger partial charge in [-0.25, -0.2) is 9.79 Å². The lowest BCUT2D eigenvalue weighted by Gasteiger charge is -2.24. The van der Waals surface area contributed by atoms with E-state index in [1.165, 1.54) is 22.7 Å². The van der Waals surface area contributed by atoms with Gasteiger partial charge in [-0.2, -0.15) is 0 Å². The molecule has 0 saturated heterocycles. The third-order valence-electron chi connectivity index (χ3n) is 4.21. The highest BCUT2D eigenvalue weighted by Crippen LogP contribution is 2.33. The number of aromatic nitrogens is 1. The van der Waals surface area contributed by atoms with Crippen molar-refractivity contribution in [3.8, 4) is 0 Å². The number of carbonyl (C=O) groups excluding carboxylic acids is 1. The van der Waals surface area contributed by atoms with Crippen LogP contribution in [0.25, 0.3) is 6.08 Å². The first kappa shape index (κ1) is 18.6. The Balaban J connectivity index is 1.94. The van der Waals surface area contributed by atoms with Gasteiger partial charge >= 0.3 is 5.97 Å². The van der Waals surface area contributed by atoms with Gasteiger partial charge in [-0.3, -0.25) is 9.36 Å². The average molecular weight is 415 g/mol. The molecule has 0 saturated carbocycles. The first-order valence-electron chi connectivity index (χ1n) is 8.76. The van der Waals surface area contributed by atoms with Crippen LogP contribution >= 0.6 is 22.7 Å². The fourth-order valence-electron chi connectivity index (χ4n) is 3.08. The van der Waals surface area contributed by atoms with Crippen molar-refractivity contribution in [2.24, 2.45) is 4.99 Å². The number of hydrogen-bond donors (Lipinski definition) is 0. The molecule has 144 valence electrons. The summed E-state index contributed by atoms with van der Waals surface area (Å²) >= 11 is 2.77. The zero-order valence-corrected chi connectivity index (χ0v) is 17.2. The number of allylic oxidation sites excluding steroid dienone is 1. The Hall–Kier alpha value is -2.71. The molecule has 4 heterocycles. The van der Waals surface area contributed by atoms with E-state index < -0.39 is 12.0 Å². The number of rotatable bonds is 4. The lowest BCUT2D eigenvalue weighted by Crippen LogP contribution is -2.39. The van der Waals surface area contributed by atoms with Crippen LogP contribution in [0.15, 0.2) is 61.4 Å². The first-order valence-corrected chi connectivity index (χ1v) is 10.5. The minimum Gasteiger partial charge on any atom is -0.465 e. The number of esters is 1. The standard InChI is InChI=1S/C20H18N2O4S2/c1-11(2)26-19(24)16-12(3)21-20-22(17(16)14-7-5-9-27-14)18(23)15(28-20)10-13-6-4-8-25-13/h4-11,17H,1-3H3/b15-10-/t17-/m1/s1. The summed E-state index contributed by atoms with van der Waals surface area (Å²) in [6, 6.07) is 6.81. The molecule has 1 aliphatic heterocycles. The number of fused-ring (bicyclic) bond motifs is 1. The number of thiazole rings is 1. The maximum atomic E-state index is 13.2. The summed E-state index contributed by atoms with van der Waals surface area (Å²) in [7, 11) is 0. The first-order chi connectivity index (χ1) is 13.5. The Morgan fingerprint density at radius 2 is 2.18 bits per heavy atom. The van der Waals surface area contributed by atoms with E-state index in [9.17, 15) is 9.59 Å². The number of nitrogens with zero attached hydrogens (tertiary/aromatic N) is 2. The molecule has 0 radical (unpaired) electrons. The van der Waals surface area contributed by atoms with Crippen molar-refractivity contribution < 1.29 is 13.9 Å². The molecular formula is C20H18N2O4S2. The predicted molar refractivity (Wildman–Crippen MR) is 108 cm³/mol.